The molecule has 9 heavy (non-hydrogen) atoms. The van der Waals surface area contributed by atoms with Gasteiger partial charge in [-0.2, -0.15) is 0 Å². The second-order valence-electron chi connectivity index (χ2n) is 0.629. The van der Waals surface area contributed by atoms with Crippen LogP contribution in [-0.4, -0.2) is 90.1 Å². The maximum absolute atomic E-state index is 8.56. The molecule has 0 aliphatic heterocycles. The Labute approximate surface area is 93.7 Å². The van der Waals surface area contributed by atoms with Gasteiger partial charge in [-0.05, 0) is 0 Å². The summed E-state index contributed by atoms with van der Waals surface area (Å²) in [5, 5.41) is 35.4. The molecule has 6 nitrogen and oxygen atoms in total. The van der Waals surface area contributed by atoms with Gasteiger partial charge in [0.05, 0.1) is 0 Å². The van der Waals surface area contributed by atoms with Crippen molar-refractivity contribution in [3.63, 3.8) is 0 Å². The van der Waals surface area contributed by atoms with E-state index in [1.807, 2.05) is 0 Å². The minimum atomic E-state index is -2.17. The maximum atomic E-state index is 8.56. The number of carboxylic acid groups (broad SMARTS) is 2. The summed E-state index contributed by atoms with van der Waals surface area (Å²) in [4.78, 5) is 8.56. The van der Waals surface area contributed by atoms with Crippen molar-refractivity contribution in [3.8, 4) is 0 Å². The second-order valence-corrected chi connectivity index (χ2v) is 0.629. The van der Waals surface area contributed by atoms with Crippen molar-refractivity contribution in [2.75, 3.05) is 0 Å². The summed E-state index contributed by atoms with van der Waals surface area (Å²) >= 11 is 0. The van der Waals surface area contributed by atoms with Crippen molar-refractivity contribution in [2.24, 2.45) is 0 Å². The molecule has 0 saturated carbocycles. The predicted octanol–water partition coefficient (Wildman–Crippen LogP) is -2.48. The standard InChI is InChI=1S/CH2O3.BH3O3.K.H/c2*2-1(3)4;;/h(H2,2,3,4);2-4H;;. The predicted molar refractivity (Wildman–Crippen MR) is 30.2 cm³/mol. The van der Waals surface area contributed by atoms with Gasteiger partial charge in [-0.15, -0.1) is 0 Å². The molecular weight excluding hydrogens is 158 g/mol. The molecule has 0 aliphatic rings. The van der Waals surface area contributed by atoms with Crippen molar-refractivity contribution in [2.45, 2.75) is 0 Å². The molecule has 0 atom stereocenters. The van der Waals surface area contributed by atoms with Crippen LogP contribution in [0.1, 0.15) is 0 Å². The molecule has 8 heteroatoms. The Morgan fingerprint density at radius 3 is 1.11 bits per heavy atom. The average molecular weight is 164 g/mol. The van der Waals surface area contributed by atoms with Crippen molar-refractivity contribution in [1.82, 2.24) is 0 Å². The minimum absolute atomic E-state index is 0. The van der Waals surface area contributed by atoms with E-state index in [4.69, 9.17) is 30.1 Å². The average Bonchev–Trinajstić information content (AvgIpc) is 1.25. The van der Waals surface area contributed by atoms with Gasteiger partial charge in [-0.1, -0.05) is 0 Å². The third-order valence-electron chi connectivity index (χ3n) is 0. The number of hydrogen-bond acceptors (Lipinski definition) is 4. The zero-order chi connectivity index (χ0) is 7.15. The van der Waals surface area contributed by atoms with Crippen LogP contribution in [0.25, 0.3) is 0 Å². The van der Waals surface area contributed by atoms with Gasteiger partial charge in [-0.25, -0.2) is 4.79 Å². The molecule has 0 aromatic rings. The van der Waals surface area contributed by atoms with E-state index in [0.29, 0.717) is 0 Å². The second kappa shape index (κ2) is 11.6. The number of hydrogen-bond donors (Lipinski definition) is 5. The molecule has 0 aromatic heterocycles. The Balaban J connectivity index is -0.0000000720. The Kier molecular flexibility index (Phi) is 21.2. The molecule has 0 aromatic carbocycles. The van der Waals surface area contributed by atoms with E-state index >= 15 is 0 Å². The fraction of sp³-hybridized carbons (Fsp3) is 0. The van der Waals surface area contributed by atoms with Gasteiger partial charge in [0.2, 0.25) is 0 Å². The first-order valence-corrected chi connectivity index (χ1v) is 1.43. The zero-order valence-corrected chi connectivity index (χ0v) is 3.72. The van der Waals surface area contributed by atoms with Gasteiger partial charge in [0.25, 0.3) is 0 Å². The SMILES string of the molecule is O=C(O)O.OB(O)O.[KH]. The quantitative estimate of drug-likeness (QED) is 0.253. The molecule has 0 radical (unpaired) electrons. The van der Waals surface area contributed by atoms with Crippen LogP contribution >= 0.6 is 0 Å². The summed E-state index contributed by atoms with van der Waals surface area (Å²) in [6.45, 7) is 0. The van der Waals surface area contributed by atoms with Gasteiger partial charge in [0.15, 0.2) is 0 Å². The molecular formula is CH6BKO6. The van der Waals surface area contributed by atoms with Gasteiger partial charge < -0.3 is 25.3 Å². The van der Waals surface area contributed by atoms with E-state index in [0.717, 1.165) is 0 Å². The van der Waals surface area contributed by atoms with Gasteiger partial charge >= 0.3 is 64.9 Å². The Hall–Kier alpha value is 0.851. The molecule has 0 rings (SSSR count). The normalized spacial score (nSPS) is 5.67. The molecule has 0 heterocycles. The molecule has 5 N–H and O–H groups in total. The van der Waals surface area contributed by atoms with Crippen molar-refractivity contribution < 1.29 is 30.1 Å². The third kappa shape index (κ3) is 573. The monoisotopic (exact) mass is 164 g/mol. The van der Waals surface area contributed by atoms with Crippen LogP contribution in [-0.2, 0) is 0 Å². The first-order valence-electron chi connectivity index (χ1n) is 1.43. The molecule has 50 valence electrons. The van der Waals surface area contributed by atoms with E-state index in [9.17, 15) is 0 Å². The molecule has 0 saturated heterocycles. The molecule has 0 aliphatic carbocycles. The van der Waals surface area contributed by atoms with Crippen LogP contribution in [0.3, 0.4) is 0 Å². The summed E-state index contributed by atoms with van der Waals surface area (Å²) in [5.41, 5.74) is 0. The van der Waals surface area contributed by atoms with Crippen LogP contribution < -0.4 is 0 Å². The van der Waals surface area contributed by atoms with E-state index in [-0.39, 0.29) is 51.4 Å². The Morgan fingerprint density at radius 2 is 1.11 bits per heavy atom. The van der Waals surface area contributed by atoms with Crippen LogP contribution in [0.15, 0.2) is 0 Å². The van der Waals surface area contributed by atoms with E-state index in [1.54, 1.807) is 0 Å². The van der Waals surface area contributed by atoms with Crippen LogP contribution in [0.2, 0.25) is 0 Å². The van der Waals surface area contributed by atoms with Crippen LogP contribution in [0.4, 0.5) is 4.79 Å². The van der Waals surface area contributed by atoms with Crippen LogP contribution in [0.5, 0.6) is 0 Å². The zero-order valence-electron chi connectivity index (χ0n) is 3.72. The number of carbonyl (C=O) groups is 1. The van der Waals surface area contributed by atoms with Gasteiger partial charge in [-0.3, -0.25) is 0 Å². The number of rotatable bonds is 0. The summed E-state index contributed by atoms with van der Waals surface area (Å²) in [7, 11) is -2.17. The summed E-state index contributed by atoms with van der Waals surface area (Å²) in [5.74, 6) is 0. The van der Waals surface area contributed by atoms with Crippen molar-refractivity contribution in [1.29, 1.82) is 0 Å². The fourth-order valence-corrected chi connectivity index (χ4v) is 0. The topological polar surface area (TPSA) is 118 Å². The molecule has 0 spiro atoms. The summed E-state index contributed by atoms with van der Waals surface area (Å²) in [6.07, 6.45) is -1.83. The first kappa shape index (κ1) is 16.4. The molecule has 0 amide bonds. The third-order valence-corrected chi connectivity index (χ3v) is 0. The fourth-order valence-electron chi connectivity index (χ4n) is 0. The van der Waals surface area contributed by atoms with Gasteiger partial charge in [0, 0.05) is 0 Å². The van der Waals surface area contributed by atoms with Crippen LogP contribution in [0, 0.1) is 0 Å². The molecule has 0 bridgehead atoms. The van der Waals surface area contributed by atoms with E-state index in [1.165, 1.54) is 0 Å². The van der Waals surface area contributed by atoms with Crippen molar-refractivity contribution >= 4 is 64.9 Å². The molecule has 0 fully saturated rings. The first-order chi connectivity index (χ1) is 3.46. The Bertz CT molecular complexity index is 57.3. The Morgan fingerprint density at radius 1 is 1.11 bits per heavy atom. The van der Waals surface area contributed by atoms with E-state index in [2.05, 4.69) is 0 Å². The van der Waals surface area contributed by atoms with Gasteiger partial charge in [0.1, 0.15) is 0 Å². The summed E-state index contributed by atoms with van der Waals surface area (Å²) in [6, 6.07) is 0. The molecule has 0 unspecified atom stereocenters. The summed E-state index contributed by atoms with van der Waals surface area (Å²) < 4.78 is 0. The van der Waals surface area contributed by atoms with Crippen molar-refractivity contribution in [3.05, 3.63) is 0 Å². The van der Waals surface area contributed by atoms with E-state index < -0.39 is 13.5 Å².